The van der Waals surface area contributed by atoms with Crippen molar-refractivity contribution in [3.05, 3.63) is 41.5 Å². The molecule has 0 aliphatic heterocycles. The highest BCUT2D eigenvalue weighted by Gasteiger charge is 1.93. The molecule has 0 aliphatic rings. The summed E-state index contributed by atoms with van der Waals surface area (Å²) in [5, 5.41) is 0. The number of rotatable bonds is 3. The molecule has 0 fully saturated rings. The van der Waals surface area contributed by atoms with Crippen LogP contribution in [0.15, 0.2) is 30.3 Å². The van der Waals surface area contributed by atoms with E-state index in [1.165, 1.54) is 11.6 Å². The van der Waals surface area contributed by atoms with Crippen molar-refractivity contribution in [3.8, 4) is 0 Å². The second-order valence-electron chi connectivity index (χ2n) is 2.55. The van der Waals surface area contributed by atoms with E-state index in [1.54, 1.807) is 0 Å². The third-order valence-corrected chi connectivity index (χ3v) is 1.79. The quantitative estimate of drug-likeness (QED) is 0.490. The average Bonchev–Trinajstić information content (AvgIpc) is 2.15. The Balaban J connectivity index is 2.96. The number of aryl methyl sites for hydroxylation is 1. The van der Waals surface area contributed by atoms with Gasteiger partial charge in [0, 0.05) is 0 Å². The van der Waals surface area contributed by atoms with Crippen molar-refractivity contribution in [1.29, 1.82) is 0 Å². The summed E-state index contributed by atoms with van der Waals surface area (Å²) in [5.74, 6) is 0. The van der Waals surface area contributed by atoms with Crippen LogP contribution in [-0.2, 0) is 11.2 Å². The van der Waals surface area contributed by atoms with E-state index in [0.29, 0.717) is 0 Å². The minimum atomic E-state index is 0.798. The molecular weight excluding hydrogens is 148 g/mol. The van der Waals surface area contributed by atoms with Crippen molar-refractivity contribution >= 4 is 12.4 Å². The molecule has 1 aromatic carbocycles. The molecule has 0 spiro atoms. The van der Waals surface area contributed by atoms with Crippen LogP contribution in [-0.4, -0.2) is 6.29 Å². The Labute approximate surface area is 72.7 Å². The van der Waals surface area contributed by atoms with Crippen molar-refractivity contribution in [2.75, 3.05) is 0 Å². The first-order valence-corrected chi connectivity index (χ1v) is 4.08. The second-order valence-corrected chi connectivity index (χ2v) is 2.55. The average molecular weight is 160 g/mol. The van der Waals surface area contributed by atoms with Crippen molar-refractivity contribution in [3.63, 3.8) is 0 Å². The molecule has 0 amide bonds. The first kappa shape index (κ1) is 8.72. The largest absolute Gasteiger partial charge is 0.299 e. The maximum absolute atomic E-state index is 10.1. The van der Waals surface area contributed by atoms with Crippen LogP contribution >= 0.6 is 0 Å². The zero-order chi connectivity index (χ0) is 8.81. The highest BCUT2D eigenvalue weighted by Crippen LogP contribution is 2.10. The Morgan fingerprint density at radius 3 is 2.75 bits per heavy atom. The third-order valence-electron chi connectivity index (χ3n) is 1.79. The van der Waals surface area contributed by atoms with E-state index in [0.717, 1.165) is 18.3 Å². The van der Waals surface area contributed by atoms with E-state index in [9.17, 15) is 4.79 Å². The molecule has 1 nitrogen and oxygen atoms in total. The van der Waals surface area contributed by atoms with Crippen LogP contribution in [0.5, 0.6) is 0 Å². The van der Waals surface area contributed by atoms with Crippen LogP contribution in [0.2, 0.25) is 0 Å². The van der Waals surface area contributed by atoms with Crippen LogP contribution < -0.4 is 0 Å². The normalized spacial score (nSPS) is 10.4. The number of aldehydes is 1. The lowest BCUT2D eigenvalue weighted by Crippen LogP contribution is -1.84. The van der Waals surface area contributed by atoms with Crippen LogP contribution in [0.3, 0.4) is 0 Å². The summed E-state index contributed by atoms with van der Waals surface area (Å²) in [5.41, 5.74) is 2.41. The molecule has 0 saturated carbocycles. The van der Waals surface area contributed by atoms with Gasteiger partial charge in [-0.3, -0.25) is 4.79 Å². The molecule has 0 aromatic heterocycles. The molecule has 1 heteroatoms. The summed E-state index contributed by atoms with van der Waals surface area (Å²) in [7, 11) is 0. The van der Waals surface area contributed by atoms with Gasteiger partial charge in [0.1, 0.15) is 6.29 Å². The maximum atomic E-state index is 10.1. The number of hydrogen-bond donors (Lipinski definition) is 0. The SMILES string of the molecule is CCc1ccccc1C=CC=O. The minimum Gasteiger partial charge on any atom is -0.299 e. The van der Waals surface area contributed by atoms with Crippen LogP contribution in [0.25, 0.3) is 6.08 Å². The molecule has 0 atom stereocenters. The van der Waals surface area contributed by atoms with Crippen molar-refractivity contribution in [1.82, 2.24) is 0 Å². The number of carbonyl (C=O) groups is 1. The standard InChI is InChI=1S/C11H12O/c1-2-10-6-3-4-7-11(10)8-5-9-12/h3-9H,2H2,1H3. The summed E-state index contributed by atoms with van der Waals surface area (Å²) >= 11 is 0. The van der Waals surface area contributed by atoms with Crippen LogP contribution in [0, 0.1) is 0 Å². The Hall–Kier alpha value is -1.37. The Kier molecular flexibility index (Phi) is 3.27. The summed E-state index contributed by atoms with van der Waals surface area (Å²) in [6.45, 7) is 2.10. The van der Waals surface area contributed by atoms with Gasteiger partial charge in [-0.15, -0.1) is 0 Å². The Bertz CT molecular complexity index is 287. The fourth-order valence-electron chi connectivity index (χ4n) is 1.16. The monoisotopic (exact) mass is 160 g/mol. The van der Waals surface area contributed by atoms with E-state index < -0.39 is 0 Å². The third kappa shape index (κ3) is 2.06. The molecular formula is C11H12O. The first-order valence-electron chi connectivity index (χ1n) is 4.08. The number of benzene rings is 1. The van der Waals surface area contributed by atoms with Gasteiger partial charge in [-0.25, -0.2) is 0 Å². The number of hydrogen-bond acceptors (Lipinski definition) is 1. The second kappa shape index (κ2) is 4.50. The van der Waals surface area contributed by atoms with Gasteiger partial charge in [0.2, 0.25) is 0 Å². The summed E-state index contributed by atoms with van der Waals surface area (Å²) < 4.78 is 0. The summed E-state index contributed by atoms with van der Waals surface area (Å²) in [6.07, 6.45) is 5.16. The smallest absolute Gasteiger partial charge is 0.142 e. The van der Waals surface area contributed by atoms with Crippen molar-refractivity contribution in [2.45, 2.75) is 13.3 Å². The minimum absolute atomic E-state index is 0.798. The molecule has 0 heterocycles. The fourth-order valence-corrected chi connectivity index (χ4v) is 1.16. The van der Waals surface area contributed by atoms with Gasteiger partial charge in [-0.2, -0.15) is 0 Å². The lowest BCUT2D eigenvalue weighted by atomic mass is 10.1. The zero-order valence-electron chi connectivity index (χ0n) is 7.16. The lowest BCUT2D eigenvalue weighted by molar-refractivity contribution is -0.104. The highest BCUT2D eigenvalue weighted by molar-refractivity contribution is 5.74. The van der Waals surface area contributed by atoms with E-state index >= 15 is 0 Å². The van der Waals surface area contributed by atoms with Gasteiger partial charge in [-0.05, 0) is 23.6 Å². The molecule has 12 heavy (non-hydrogen) atoms. The molecule has 1 aromatic rings. The zero-order valence-corrected chi connectivity index (χ0v) is 7.16. The van der Waals surface area contributed by atoms with E-state index in [4.69, 9.17) is 0 Å². The summed E-state index contributed by atoms with van der Waals surface area (Å²) in [6, 6.07) is 8.07. The van der Waals surface area contributed by atoms with Crippen LogP contribution in [0.4, 0.5) is 0 Å². The number of allylic oxidation sites excluding steroid dienone is 1. The van der Waals surface area contributed by atoms with Crippen LogP contribution in [0.1, 0.15) is 18.1 Å². The van der Waals surface area contributed by atoms with E-state index in [-0.39, 0.29) is 0 Å². The maximum Gasteiger partial charge on any atom is 0.142 e. The molecule has 62 valence electrons. The fraction of sp³-hybridized carbons (Fsp3) is 0.182. The molecule has 0 radical (unpaired) electrons. The van der Waals surface area contributed by atoms with E-state index in [1.807, 2.05) is 24.3 Å². The topological polar surface area (TPSA) is 17.1 Å². The molecule has 0 unspecified atom stereocenters. The van der Waals surface area contributed by atoms with E-state index in [2.05, 4.69) is 13.0 Å². The molecule has 0 aliphatic carbocycles. The highest BCUT2D eigenvalue weighted by atomic mass is 16.1. The van der Waals surface area contributed by atoms with Gasteiger partial charge in [0.05, 0.1) is 0 Å². The van der Waals surface area contributed by atoms with Gasteiger partial charge in [0.15, 0.2) is 0 Å². The van der Waals surface area contributed by atoms with Gasteiger partial charge in [-0.1, -0.05) is 37.3 Å². The Morgan fingerprint density at radius 2 is 2.08 bits per heavy atom. The molecule has 0 saturated heterocycles. The molecule has 0 bridgehead atoms. The summed E-state index contributed by atoms with van der Waals surface area (Å²) in [4.78, 5) is 10.1. The molecule has 0 N–H and O–H groups in total. The van der Waals surface area contributed by atoms with Crippen molar-refractivity contribution in [2.24, 2.45) is 0 Å². The molecule has 1 rings (SSSR count). The van der Waals surface area contributed by atoms with Gasteiger partial charge in [0.25, 0.3) is 0 Å². The predicted octanol–water partition coefficient (Wildman–Crippen LogP) is 2.46. The first-order chi connectivity index (χ1) is 5.88. The lowest BCUT2D eigenvalue weighted by Gasteiger charge is -2.00. The predicted molar refractivity (Wildman–Crippen MR) is 50.9 cm³/mol. The number of carbonyl (C=O) groups excluding carboxylic acids is 1. The van der Waals surface area contributed by atoms with Gasteiger partial charge >= 0.3 is 0 Å². The van der Waals surface area contributed by atoms with Gasteiger partial charge < -0.3 is 0 Å². The van der Waals surface area contributed by atoms with Crippen molar-refractivity contribution < 1.29 is 4.79 Å². The Morgan fingerprint density at radius 1 is 1.33 bits per heavy atom.